The topological polar surface area (TPSA) is 122 Å². The first-order chi connectivity index (χ1) is 16.9. The van der Waals surface area contributed by atoms with E-state index >= 15 is 0 Å². The first-order valence-electron chi connectivity index (χ1n) is 11.2. The summed E-state index contributed by atoms with van der Waals surface area (Å²) < 4.78 is 11.0. The van der Waals surface area contributed by atoms with Crippen LogP contribution in [-0.4, -0.2) is 41.3 Å². The quantitative estimate of drug-likeness (QED) is 0.311. The molecule has 182 valence electrons. The smallest absolute Gasteiger partial charge is 0.341 e. The molecule has 3 aromatic carbocycles. The number of ether oxygens (including phenoxy) is 2. The maximum atomic E-state index is 12.7. The zero-order valence-electron chi connectivity index (χ0n) is 19.1. The number of carbonyl (C=O) groups excluding carboxylic acids is 1. The van der Waals surface area contributed by atoms with Gasteiger partial charge in [-0.3, -0.25) is 9.59 Å². The predicted octanol–water partition coefficient (Wildman–Crippen LogP) is 4.43. The molecule has 0 fully saturated rings. The number of unbranched alkanes of at least 4 members (excludes halogenated alkanes) is 1. The number of aryl methyl sites for hydroxylation is 1. The van der Waals surface area contributed by atoms with Crippen LogP contribution in [0.15, 0.2) is 72.8 Å². The van der Waals surface area contributed by atoms with Crippen LogP contribution in [0.2, 0.25) is 0 Å². The van der Waals surface area contributed by atoms with Crippen molar-refractivity contribution in [3.8, 4) is 11.5 Å². The lowest BCUT2D eigenvalue weighted by atomic mass is 10.1. The van der Waals surface area contributed by atoms with E-state index < -0.39 is 24.5 Å². The van der Waals surface area contributed by atoms with Gasteiger partial charge in [-0.15, -0.1) is 0 Å². The Morgan fingerprint density at radius 1 is 0.771 bits per heavy atom. The number of benzene rings is 3. The summed E-state index contributed by atoms with van der Waals surface area (Å²) in [4.78, 5) is 34.6. The van der Waals surface area contributed by atoms with Crippen LogP contribution in [0.3, 0.4) is 0 Å². The Labute approximate surface area is 203 Å². The number of carboxylic acid groups (broad SMARTS) is 2. The van der Waals surface area contributed by atoms with Crippen LogP contribution in [0.25, 0.3) is 0 Å². The third-order valence-electron chi connectivity index (χ3n) is 5.09. The zero-order valence-corrected chi connectivity index (χ0v) is 19.1. The van der Waals surface area contributed by atoms with Crippen molar-refractivity contribution < 1.29 is 34.1 Å². The standard InChI is InChI=1S/C27H27NO7/c29-25(30)17-20-9-14-24(35-18-26(31)32)23(16-20)28-27(33)21-10-12-22(13-11-21)34-15-5-4-8-19-6-2-1-3-7-19/h1-3,6-7,9-14,16H,4-5,8,15,17-18H2,(H,28,33)(H,29,30)(H,31,32). The lowest BCUT2D eigenvalue weighted by molar-refractivity contribution is -0.139. The van der Waals surface area contributed by atoms with Crippen LogP contribution in [0.4, 0.5) is 5.69 Å². The number of anilines is 1. The molecule has 0 radical (unpaired) electrons. The predicted molar refractivity (Wildman–Crippen MR) is 130 cm³/mol. The molecule has 0 spiro atoms. The van der Waals surface area contributed by atoms with E-state index in [2.05, 4.69) is 17.4 Å². The highest BCUT2D eigenvalue weighted by Gasteiger charge is 2.14. The number of hydrogen-bond donors (Lipinski definition) is 3. The Balaban J connectivity index is 1.55. The second-order valence-electron chi connectivity index (χ2n) is 7.85. The lowest BCUT2D eigenvalue weighted by Gasteiger charge is -2.13. The third kappa shape index (κ3) is 8.51. The molecule has 0 aliphatic rings. The van der Waals surface area contributed by atoms with Crippen molar-refractivity contribution >= 4 is 23.5 Å². The van der Waals surface area contributed by atoms with Crippen LogP contribution >= 0.6 is 0 Å². The van der Waals surface area contributed by atoms with E-state index in [1.165, 1.54) is 23.8 Å². The largest absolute Gasteiger partial charge is 0.494 e. The molecular weight excluding hydrogens is 450 g/mol. The van der Waals surface area contributed by atoms with Gasteiger partial charge in [-0.1, -0.05) is 36.4 Å². The summed E-state index contributed by atoms with van der Waals surface area (Å²) in [6, 6.07) is 21.3. The number of rotatable bonds is 13. The van der Waals surface area contributed by atoms with Gasteiger partial charge in [0.2, 0.25) is 0 Å². The average Bonchev–Trinajstić information content (AvgIpc) is 2.84. The van der Waals surface area contributed by atoms with Gasteiger partial charge in [0.25, 0.3) is 5.91 Å². The minimum absolute atomic E-state index is 0.130. The molecule has 3 N–H and O–H groups in total. The van der Waals surface area contributed by atoms with Gasteiger partial charge in [0, 0.05) is 5.56 Å². The minimum Gasteiger partial charge on any atom is -0.494 e. The van der Waals surface area contributed by atoms with Crippen molar-refractivity contribution in [3.63, 3.8) is 0 Å². The first-order valence-corrected chi connectivity index (χ1v) is 11.2. The monoisotopic (exact) mass is 477 g/mol. The molecule has 0 atom stereocenters. The number of hydrogen-bond acceptors (Lipinski definition) is 5. The van der Waals surface area contributed by atoms with Crippen LogP contribution < -0.4 is 14.8 Å². The SMILES string of the molecule is O=C(O)COc1ccc(CC(=O)O)cc1NC(=O)c1ccc(OCCCCc2ccccc2)cc1. The van der Waals surface area contributed by atoms with Crippen molar-refractivity contribution in [3.05, 3.63) is 89.5 Å². The maximum absolute atomic E-state index is 12.7. The maximum Gasteiger partial charge on any atom is 0.341 e. The molecule has 0 aliphatic heterocycles. The number of aliphatic carboxylic acids is 2. The van der Waals surface area contributed by atoms with Crippen LogP contribution in [0, 0.1) is 0 Å². The second-order valence-corrected chi connectivity index (χ2v) is 7.85. The highest BCUT2D eigenvalue weighted by Crippen LogP contribution is 2.27. The summed E-state index contributed by atoms with van der Waals surface area (Å²) >= 11 is 0. The molecule has 3 rings (SSSR count). The fourth-order valence-electron chi connectivity index (χ4n) is 3.39. The molecule has 0 aliphatic carbocycles. The Morgan fingerprint density at radius 3 is 2.20 bits per heavy atom. The fraction of sp³-hybridized carbons (Fsp3) is 0.222. The molecule has 0 unspecified atom stereocenters. The zero-order chi connectivity index (χ0) is 25.0. The highest BCUT2D eigenvalue weighted by molar-refractivity contribution is 6.05. The van der Waals surface area contributed by atoms with E-state index in [0.29, 0.717) is 23.5 Å². The Morgan fingerprint density at radius 2 is 1.51 bits per heavy atom. The minimum atomic E-state index is -1.17. The Bertz CT molecular complexity index is 1140. The molecule has 0 saturated heterocycles. The summed E-state index contributed by atoms with van der Waals surface area (Å²) in [5, 5.41) is 20.6. The molecule has 0 heterocycles. The second kappa shape index (κ2) is 12.8. The van der Waals surface area contributed by atoms with E-state index in [1.807, 2.05) is 18.2 Å². The van der Waals surface area contributed by atoms with E-state index in [4.69, 9.17) is 19.7 Å². The first kappa shape index (κ1) is 25.3. The van der Waals surface area contributed by atoms with Gasteiger partial charge in [0.15, 0.2) is 6.61 Å². The Kier molecular flexibility index (Phi) is 9.24. The summed E-state index contributed by atoms with van der Waals surface area (Å²) in [5.41, 5.74) is 2.28. The molecule has 0 aromatic heterocycles. The van der Waals surface area contributed by atoms with Gasteiger partial charge in [0.05, 0.1) is 18.7 Å². The van der Waals surface area contributed by atoms with Crippen molar-refractivity contribution in [1.82, 2.24) is 0 Å². The molecule has 3 aromatic rings. The van der Waals surface area contributed by atoms with Gasteiger partial charge >= 0.3 is 11.9 Å². The molecule has 0 saturated carbocycles. The van der Waals surface area contributed by atoms with Gasteiger partial charge < -0.3 is 25.0 Å². The fourth-order valence-corrected chi connectivity index (χ4v) is 3.39. The Hall–Kier alpha value is -4.33. The van der Waals surface area contributed by atoms with Gasteiger partial charge in [0.1, 0.15) is 11.5 Å². The number of carboxylic acids is 2. The van der Waals surface area contributed by atoms with E-state index in [9.17, 15) is 14.4 Å². The molecule has 8 heteroatoms. The molecule has 1 amide bonds. The number of amides is 1. The van der Waals surface area contributed by atoms with Gasteiger partial charge in [-0.05, 0) is 66.8 Å². The average molecular weight is 478 g/mol. The third-order valence-corrected chi connectivity index (χ3v) is 5.09. The number of nitrogens with one attached hydrogen (secondary N) is 1. The van der Waals surface area contributed by atoms with Crippen molar-refractivity contribution in [1.29, 1.82) is 0 Å². The van der Waals surface area contributed by atoms with E-state index in [-0.39, 0.29) is 17.9 Å². The van der Waals surface area contributed by atoms with Crippen LogP contribution in [0.5, 0.6) is 11.5 Å². The molecule has 35 heavy (non-hydrogen) atoms. The lowest BCUT2D eigenvalue weighted by Crippen LogP contribution is -2.15. The summed E-state index contributed by atoms with van der Waals surface area (Å²) in [5.74, 6) is -1.88. The van der Waals surface area contributed by atoms with Gasteiger partial charge in [-0.25, -0.2) is 4.79 Å². The number of carbonyl (C=O) groups is 3. The summed E-state index contributed by atoms with van der Waals surface area (Å²) in [7, 11) is 0. The van der Waals surface area contributed by atoms with Crippen molar-refractivity contribution in [2.45, 2.75) is 25.7 Å². The van der Waals surface area contributed by atoms with E-state index in [1.54, 1.807) is 24.3 Å². The molecule has 0 bridgehead atoms. The summed E-state index contributed by atoms with van der Waals surface area (Å²) in [6.07, 6.45) is 2.66. The highest BCUT2D eigenvalue weighted by atomic mass is 16.5. The van der Waals surface area contributed by atoms with E-state index in [0.717, 1.165) is 19.3 Å². The van der Waals surface area contributed by atoms with Crippen LogP contribution in [0.1, 0.15) is 34.3 Å². The normalized spacial score (nSPS) is 10.4. The van der Waals surface area contributed by atoms with Gasteiger partial charge in [-0.2, -0.15) is 0 Å². The van der Waals surface area contributed by atoms with Crippen LogP contribution in [-0.2, 0) is 22.4 Å². The molecular formula is C27H27NO7. The molecule has 8 nitrogen and oxygen atoms in total. The van der Waals surface area contributed by atoms with Crippen molar-refractivity contribution in [2.24, 2.45) is 0 Å². The van der Waals surface area contributed by atoms with Crippen molar-refractivity contribution in [2.75, 3.05) is 18.5 Å². The summed E-state index contributed by atoms with van der Waals surface area (Å²) in [6.45, 7) is -0.0302.